The van der Waals surface area contributed by atoms with Gasteiger partial charge in [-0.3, -0.25) is 4.79 Å². The molecule has 1 aromatic heterocycles. The Morgan fingerprint density at radius 1 is 1.59 bits per heavy atom. The zero-order valence-electron chi connectivity index (χ0n) is 10.2. The van der Waals surface area contributed by atoms with Gasteiger partial charge in [0.1, 0.15) is 6.26 Å². The summed E-state index contributed by atoms with van der Waals surface area (Å²) in [6, 6.07) is 0. The van der Waals surface area contributed by atoms with E-state index < -0.39 is 11.4 Å². The molecule has 1 aromatic rings. The molecule has 96 valence electrons. The summed E-state index contributed by atoms with van der Waals surface area (Å²) in [5.74, 6) is 0.447. The van der Waals surface area contributed by atoms with Crippen molar-refractivity contribution in [3.8, 4) is 0 Å². The van der Waals surface area contributed by atoms with Crippen LogP contribution in [0.1, 0.15) is 31.9 Å². The van der Waals surface area contributed by atoms with Crippen LogP contribution >= 0.6 is 11.8 Å². The first kappa shape index (κ1) is 14.1. The first-order valence-corrected chi connectivity index (χ1v) is 6.54. The summed E-state index contributed by atoms with van der Waals surface area (Å²) < 4.78 is 5.20. The molecule has 1 unspecified atom stereocenters. The second-order valence-corrected chi connectivity index (χ2v) is 5.39. The summed E-state index contributed by atoms with van der Waals surface area (Å²) in [6.07, 6.45) is 4.05. The van der Waals surface area contributed by atoms with Gasteiger partial charge in [-0.05, 0) is 26.7 Å². The van der Waals surface area contributed by atoms with E-state index in [0.717, 1.165) is 24.3 Å². The number of aryl methyl sites for hydroxylation is 1. The van der Waals surface area contributed by atoms with Crippen LogP contribution in [0.3, 0.4) is 0 Å². The number of carbonyl (C=O) groups is 1. The van der Waals surface area contributed by atoms with Crippen LogP contribution in [0.5, 0.6) is 0 Å². The molecule has 1 rings (SSSR count). The van der Waals surface area contributed by atoms with Gasteiger partial charge in [0.25, 0.3) is 5.22 Å². The Kier molecular flexibility index (Phi) is 5.02. The van der Waals surface area contributed by atoms with Crippen molar-refractivity contribution in [2.24, 2.45) is 11.5 Å². The number of hydrogen-bond acceptors (Lipinski definition) is 5. The lowest BCUT2D eigenvalue weighted by Crippen LogP contribution is -2.49. The highest BCUT2D eigenvalue weighted by molar-refractivity contribution is 7.99. The summed E-state index contributed by atoms with van der Waals surface area (Å²) in [6.45, 7) is 3.56. The third-order valence-corrected chi connectivity index (χ3v) is 3.40. The van der Waals surface area contributed by atoms with Crippen LogP contribution in [0.15, 0.2) is 15.9 Å². The molecule has 0 saturated heterocycles. The molecule has 0 bridgehead atoms. The normalized spacial score (nSPS) is 14.5. The molecule has 0 spiro atoms. The van der Waals surface area contributed by atoms with Crippen LogP contribution in [-0.4, -0.2) is 22.2 Å². The molecule has 0 radical (unpaired) electrons. The van der Waals surface area contributed by atoms with E-state index in [2.05, 4.69) is 4.98 Å². The van der Waals surface area contributed by atoms with Crippen LogP contribution in [0.4, 0.5) is 0 Å². The van der Waals surface area contributed by atoms with Gasteiger partial charge in [0, 0.05) is 5.75 Å². The van der Waals surface area contributed by atoms with Crippen molar-refractivity contribution in [1.29, 1.82) is 0 Å². The zero-order chi connectivity index (χ0) is 12.9. The highest BCUT2D eigenvalue weighted by atomic mass is 32.2. The lowest BCUT2D eigenvalue weighted by molar-refractivity contribution is -0.122. The summed E-state index contributed by atoms with van der Waals surface area (Å²) >= 11 is 1.57. The average Bonchev–Trinajstić information content (AvgIpc) is 2.63. The van der Waals surface area contributed by atoms with Gasteiger partial charge < -0.3 is 15.9 Å². The largest absolute Gasteiger partial charge is 0.440 e. The van der Waals surface area contributed by atoms with E-state index in [1.54, 1.807) is 24.9 Å². The van der Waals surface area contributed by atoms with E-state index >= 15 is 0 Å². The third-order valence-electron chi connectivity index (χ3n) is 2.48. The molecule has 0 fully saturated rings. The first-order valence-electron chi connectivity index (χ1n) is 5.55. The fourth-order valence-corrected chi connectivity index (χ4v) is 2.12. The van der Waals surface area contributed by atoms with Crippen LogP contribution in [0.25, 0.3) is 0 Å². The van der Waals surface area contributed by atoms with Crippen LogP contribution in [-0.2, 0) is 4.79 Å². The van der Waals surface area contributed by atoms with Crippen molar-refractivity contribution in [1.82, 2.24) is 4.98 Å². The lowest BCUT2D eigenvalue weighted by Gasteiger charge is -2.19. The number of primary amides is 1. The lowest BCUT2D eigenvalue weighted by atomic mass is 9.96. The Morgan fingerprint density at radius 3 is 2.82 bits per heavy atom. The van der Waals surface area contributed by atoms with Crippen LogP contribution in [0.2, 0.25) is 0 Å². The van der Waals surface area contributed by atoms with Gasteiger partial charge in [0.15, 0.2) is 0 Å². The molecular weight excluding hydrogens is 238 g/mol. The highest BCUT2D eigenvalue weighted by Crippen LogP contribution is 2.19. The summed E-state index contributed by atoms with van der Waals surface area (Å²) in [5, 5.41) is 0.688. The van der Waals surface area contributed by atoms with E-state index in [0.29, 0.717) is 11.6 Å². The minimum Gasteiger partial charge on any atom is -0.440 e. The van der Waals surface area contributed by atoms with Crippen LogP contribution < -0.4 is 11.5 Å². The number of rotatable bonds is 7. The van der Waals surface area contributed by atoms with Gasteiger partial charge in [-0.25, -0.2) is 4.98 Å². The minimum absolute atomic E-state index is 0.450. The Labute approximate surface area is 105 Å². The van der Waals surface area contributed by atoms with Gasteiger partial charge in [0.2, 0.25) is 5.91 Å². The number of oxazole rings is 1. The molecule has 6 heteroatoms. The minimum atomic E-state index is -0.899. The van der Waals surface area contributed by atoms with Crippen LogP contribution in [0, 0.1) is 6.92 Å². The molecule has 4 N–H and O–H groups in total. The molecule has 0 aliphatic carbocycles. The van der Waals surface area contributed by atoms with Gasteiger partial charge in [-0.2, -0.15) is 0 Å². The molecule has 1 heterocycles. The standard InChI is InChI=1S/C11H19N3O2S/c1-8-7-16-10(14-8)17-6-4-3-5-11(2,13)9(12)15/h7H,3-6,13H2,1-2H3,(H2,12,15). The van der Waals surface area contributed by atoms with E-state index in [9.17, 15) is 4.79 Å². The van der Waals surface area contributed by atoms with E-state index in [4.69, 9.17) is 15.9 Å². The fraction of sp³-hybridized carbons (Fsp3) is 0.636. The summed E-state index contributed by atoms with van der Waals surface area (Å²) in [4.78, 5) is 15.2. The maximum Gasteiger partial charge on any atom is 0.255 e. The van der Waals surface area contributed by atoms with Gasteiger partial charge in [-0.15, -0.1) is 0 Å². The predicted octanol–water partition coefficient (Wildman–Crippen LogP) is 1.45. The SMILES string of the molecule is Cc1coc(SCCCCC(C)(N)C(N)=O)n1. The molecule has 0 aromatic carbocycles. The van der Waals surface area contributed by atoms with E-state index in [1.165, 1.54) is 0 Å². The molecule has 1 amide bonds. The summed E-state index contributed by atoms with van der Waals surface area (Å²) in [7, 11) is 0. The smallest absolute Gasteiger partial charge is 0.255 e. The summed E-state index contributed by atoms with van der Waals surface area (Å²) in [5.41, 5.74) is 10.9. The average molecular weight is 257 g/mol. The number of hydrogen-bond donors (Lipinski definition) is 2. The maximum absolute atomic E-state index is 11.0. The molecular formula is C11H19N3O2S. The molecule has 5 nitrogen and oxygen atoms in total. The molecule has 1 atom stereocenters. The Hall–Kier alpha value is -1.01. The number of amides is 1. The second kappa shape index (κ2) is 6.07. The van der Waals surface area contributed by atoms with Crippen molar-refractivity contribution in [2.75, 3.05) is 5.75 Å². The maximum atomic E-state index is 11.0. The number of thioether (sulfide) groups is 1. The molecule has 0 aliphatic heterocycles. The zero-order valence-corrected chi connectivity index (χ0v) is 11.0. The first-order chi connectivity index (χ1) is 7.92. The van der Waals surface area contributed by atoms with Crippen molar-refractivity contribution in [2.45, 2.75) is 43.9 Å². The third kappa shape index (κ3) is 4.79. The van der Waals surface area contributed by atoms with Crippen molar-refractivity contribution in [3.05, 3.63) is 12.0 Å². The Morgan fingerprint density at radius 2 is 2.29 bits per heavy atom. The van der Waals surface area contributed by atoms with Crippen molar-refractivity contribution < 1.29 is 9.21 Å². The van der Waals surface area contributed by atoms with Gasteiger partial charge in [0.05, 0.1) is 11.2 Å². The fourth-order valence-electron chi connectivity index (χ4n) is 1.28. The number of carbonyl (C=O) groups excluding carboxylic acids is 1. The Balaban J connectivity index is 2.15. The number of aromatic nitrogens is 1. The van der Waals surface area contributed by atoms with Gasteiger partial charge in [-0.1, -0.05) is 18.2 Å². The molecule has 17 heavy (non-hydrogen) atoms. The predicted molar refractivity (Wildman–Crippen MR) is 67.6 cm³/mol. The van der Waals surface area contributed by atoms with E-state index in [1.807, 2.05) is 6.92 Å². The Bertz CT molecular complexity index is 377. The van der Waals surface area contributed by atoms with Crippen molar-refractivity contribution in [3.63, 3.8) is 0 Å². The highest BCUT2D eigenvalue weighted by Gasteiger charge is 2.24. The second-order valence-electron chi connectivity index (χ2n) is 4.34. The number of nitrogens with zero attached hydrogens (tertiary/aromatic N) is 1. The number of nitrogens with two attached hydrogens (primary N) is 2. The molecule has 0 saturated carbocycles. The monoisotopic (exact) mass is 257 g/mol. The number of unbranched alkanes of at least 4 members (excludes halogenated alkanes) is 1. The van der Waals surface area contributed by atoms with Gasteiger partial charge >= 0.3 is 0 Å². The topological polar surface area (TPSA) is 95.1 Å². The molecule has 0 aliphatic rings. The quantitative estimate of drug-likeness (QED) is 0.569. The van der Waals surface area contributed by atoms with E-state index in [-0.39, 0.29) is 0 Å². The van der Waals surface area contributed by atoms with Crippen molar-refractivity contribution >= 4 is 17.7 Å².